The Kier molecular flexibility index (Phi) is 8.11. The van der Waals surface area contributed by atoms with Crippen molar-refractivity contribution in [2.24, 2.45) is 5.73 Å². The van der Waals surface area contributed by atoms with E-state index < -0.39 is 0 Å². The summed E-state index contributed by atoms with van der Waals surface area (Å²) in [6.45, 7) is 12.9. The van der Waals surface area contributed by atoms with Gasteiger partial charge in [0.1, 0.15) is 0 Å². The summed E-state index contributed by atoms with van der Waals surface area (Å²) in [5.41, 5.74) is 5.45. The zero-order valence-electron chi connectivity index (χ0n) is 13.4. The first kappa shape index (κ1) is 17.4. The van der Waals surface area contributed by atoms with Crippen molar-refractivity contribution < 1.29 is 4.79 Å². The number of hydrogen-bond donors (Lipinski definition) is 2. The molecule has 1 amide bonds. The van der Waals surface area contributed by atoms with Crippen molar-refractivity contribution in [3.63, 3.8) is 0 Å². The maximum Gasteiger partial charge on any atom is 0.234 e. The van der Waals surface area contributed by atoms with E-state index in [4.69, 9.17) is 5.73 Å². The summed E-state index contributed by atoms with van der Waals surface area (Å²) in [4.78, 5) is 16.4. The lowest BCUT2D eigenvalue weighted by atomic mass is 10.2. The summed E-state index contributed by atoms with van der Waals surface area (Å²) in [5, 5.41) is 3.24. The second kappa shape index (κ2) is 9.32. The van der Waals surface area contributed by atoms with Gasteiger partial charge in [0.25, 0.3) is 0 Å². The van der Waals surface area contributed by atoms with Crippen molar-refractivity contribution in [1.29, 1.82) is 0 Å². The number of primary amides is 1. The Labute approximate surface area is 123 Å². The molecule has 0 aromatic heterocycles. The second-order valence-electron chi connectivity index (χ2n) is 5.66. The second-order valence-corrected chi connectivity index (χ2v) is 5.66. The lowest BCUT2D eigenvalue weighted by Crippen LogP contribution is -2.44. The average Bonchev–Trinajstić information content (AvgIpc) is 2.88. The number of likely N-dealkylation sites (N-methyl/N-ethyl adjacent to an activating group) is 1. The summed E-state index contributed by atoms with van der Waals surface area (Å²) in [6.07, 6.45) is 3.09. The maximum atomic E-state index is 11.4. The highest BCUT2D eigenvalue weighted by Gasteiger charge is 2.26. The molecule has 0 radical (unpaired) electrons. The van der Waals surface area contributed by atoms with E-state index in [0.717, 1.165) is 52.1 Å². The average molecular weight is 284 g/mol. The van der Waals surface area contributed by atoms with Gasteiger partial charge in [-0.25, -0.2) is 0 Å². The van der Waals surface area contributed by atoms with Gasteiger partial charge >= 0.3 is 0 Å². The molecule has 118 valence electrons. The van der Waals surface area contributed by atoms with Crippen LogP contribution in [0.1, 0.15) is 40.0 Å². The monoisotopic (exact) mass is 284 g/mol. The largest absolute Gasteiger partial charge is 0.368 e. The van der Waals surface area contributed by atoms with E-state index in [-0.39, 0.29) is 11.9 Å². The standard InChI is InChI=1S/C15H32N4O/c1-4-9-17-14(15(16)20)8-11-18-10-7-13(12-18)19(5-2)6-3/h13-14,17H,4-12H2,1-3H3,(H2,16,20). The first-order valence-electron chi connectivity index (χ1n) is 8.11. The quantitative estimate of drug-likeness (QED) is 0.618. The van der Waals surface area contributed by atoms with Crippen LogP contribution in [0.3, 0.4) is 0 Å². The van der Waals surface area contributed by atoms with Crippen molar-refractivity contribution in [3.8, 4) is 0 Å². The van der Waals surface area contributed by atoms with Crippen molar-refractivity contribution >= 4 is 5.91 Å². The van der Waals surface area contributed by atoms with Gasteiger partial charge in [0, 0.05) is 19.1 Å². The van der Waals surface area contributed by atoms with E-state index in [1.807, 2.05) is 0 Å². The lowest BCUT2D eigenvalue weighted by molar-refractivity contribution is -0.120. The molecule has 2 atom stereocenters. The van der Waals surface area contributed by atoms with Crippen molar-refractivity contribution in [2.75, 3.05) is 39.3 Å². The van der Waals surface area contributed by atoms with Crippen LogP contribution in [0.4, 0.5) is 0 Å². The van der Waals surface area contributed by atoms with Crippen molar-refractivity contribution in [2.45, 2.75) is 52.1 Å². The molecule has 2 unspecified atom stereocenters. The van der Waals surface area contributed by atoms with Gasteiger partial charge < -0.3 is 16.0 Å². The molecule has 0 aromatic rings. The Morgan fingerprint density at radius 2 is 2.10 bits per heavy atom. The zero-order valence-corrected chi connectivity index (χ0v) is 13.4. The fourth-order valence-electron chi connectivity index (χ4n) is 3.03. The first-order valence-corrected chi connectivity index (χ1v) is 8.11. The summed E-state index contributed by atoms with van der Waals surface area (Å²) < 4.78 is 0. The van der Waals surface area contributed by atoms with E-state index in [1.54, 1.807) is 0 Å². The number of carbonyl (C=O) groups is 1. The minimum absolute atomic E-state index is 0.178. The molecule has 0 aromatic carbocycles. The number of carbonyl (C=O) groups excluding carboxylic acids is 1. The fraction of sp³-hybridized carbons (Fsp3) is 0.933. The lowest BCUT2D eigenvalue weighted by Gasteiger charge is -2.26. The van der Waals surface area contributed by atoms with E-state index in [1.165, 1.54) is 6.42 Å². The number of nitrogens with two attached hydrogens (primary N) is 1. The molecule has 1 rings (SSSR count). The minimum Gasteiger partial charge on any atom is -0.368 e. The van der Waals surface area contributed by atoms with Gasteiger partial charge in [0.2, 0.25) is 5.91 Å². The van der Waals surface area contributed by atoms with Crippen LogP contribution in [0.25, 0.3) is 0 Å². The van der Waals surface area contributed by atoms with Crippen molar-refractivity contribution in [1.82, 2.24) is 15.1 Å². The molecule has 5 nitrogen and oxygen atoms in total. The van der Waals surface area contributed by atoms with Gasteiger partial charge in [-0.15, -0.1) is 0 Å². The van der Waals surface area contributed by atoms with Crippen LogP contribution in [0.5, 0.6) is 0 Å². The molecule has 1 aliphatic rings. The van der Waals surface area contributed by atoms with Crippen LogP contribution in [-0.4, -0.2) is 67.1 Å². The number of rotatable bonds is 10. The van der Waals surface area contributed by atoms with Gasteiger partial charge in [-0.3, -0.25) is 9.69 Å². The van der Waals surface area contributed by atoms with Gasteiger partial charge in [-0.2, -0.15) is 0 Å². The Morgan fingerprint density at radius 1 is 1.40 bits per heavy atom. The predicted molar refractivity (Wildman–Crippen MR) is 83.7 cm³/mol. The molecule has 1 aliphatic heterocycles. The van der Waals surface area contributed by atoms with Gasteiger partial charge in [-0.05, 0) is 45.4 Å². The molecule has 0 spiro atoms. The van der Waals surface area contributed by atoms with E-state index in [2.05, 4.69) is 35.9 Å². The molecule has 0 bridgehead atoms. The van der Waals surface area contributed by atoms with Gasteiger partial charge in [0.05, 0.1) is 6.04 Å². The molecule has 20 heavy (non-hydrogen) atoms. The van der Waals surface area contributed by atoms with Crippen LogP contribution in [-0.2, 0) is 4.79 Å². The summed E-state index contributed by atoms with van der Waals surface area (Å²) in [6, 6.07) is 0.503. The highest BCUT2D eigenvalue weighted by molar-refractivity contribution is 5.79. The van der Waals surface area contributed by atoms with E-state index in [9.17, 15) is 4.79 Å². The molecule has 0 aliphatic carbocycles. The van der Waals surface area contributed by atoms with Gasteiger partial charge in [-0.1, -0.05) is 20.8 Å². The normalized spacial score (nSPS) is 21.5. The highest BCUT2D eigenvalue weighted by Crippen LogP contribution is 2.15. The number of amides is 1. The van der Waals surface area contributed by atoms with Crippen LogP contribution < -0.4 is 11.1 Å². The smallest absolute Gasteiger partial charge is 0.234 e. The minimum atomic E-state index is -0.224. The Balaban J connectivity index is 2.33. The fourth-order valence-corrected chi connectivity index (χ4v) is 3.03. The van der Waals surface area contributed by atoms with Crippen LogP contribution in [0.15, 0.2) is 0 Å². The third-order valence-electron chi connectivity index (χ3n) is 4.29. The molecule has 1 saturated heterocycles. The van der Waals surface area contributed by atoms with Crippen LogP contribution >= 0.6 is 0 Å². The maximum absolute atomic E-state index is 11.4. The van der Waals surface area contributed by atoms with Crippen LogP contribution in [0, 0.1) is 0 Å². The van der Waals surface area contributed by atoms with E-state index >= 15 is 0 Å². The molecule has 1 fully saturated rings. The highest BCUT2D eigenvalue weighted by atomic mass is 16.1. The molecule has 5 heteroatoms. The van der Waals surface area contributed by atoms with Crippen LogP contribution in [0.2, 0.25) is 0 Å². The number of likely N-dealkylation sites (tertiary alicyclic amines) is 1. The summed E-state index contributed by atoms with van der Waals surface area (Å²) in [5.74, 6) is -0.224. The predicted octanol–water partition coefficient (Wildman–Crippen LogP) is 0.646. The molecular formula is C15H32N4O. The first-order chi connectivity index (χ1) is 9.62. The van der Waals surface area contributed by atoms with Crippen molar-refractivity contribution in [3.05, 3.63) is 0 Å². The third-order valence-corrected chi connectivity index (χ3v) is 4.29. The number of nitrogens with zero attached hydrogens (tertiary/aromatic N) is 2. The molecule has 0 saturated carbocycles. The molecule has 3 N–H and O–H groups in total. The Bertz CT molecular complexity index is 281. The topological polar surface area (TPSA) is 61.6 Å². The molecular weight excluding hydrogens is 252 g/mol. The number of nitrogens with one attached hydrogen (secondary N) is 1. The third kappa shape index (κ3) is 5.38. The summed E-state index contributed by atoms with van der Waals surface area (Å²) in [7, 11) is 0. The Hall–Kier alpha value is -0.650. The van der Waals surface area contributed by atoms with E-state index in [0.29, 0.717) is 6.04 Å². The molecule has 1 heterocycles. The Morgan fingerprint density at radius 3 is 2.65 bits per heavy atom. The number of hydrogen-bond acceptors (Lipinski definition) is 4. The van der Waals surface area contributed by atoms with Gasteiger partial charge in [0.15, 0.2) is 0 Å². The summed E-state index contributed by atoms with van der Waals surface area (Å²) >= 11 is 0. The SMILES string of the molecule is CCCNC(CCN1CCC(N(CC)CC)C1)C(N)=O. The zero-order chi connectivity index (χ0) is 15.0.